The summed E-state index contributed by atoms with van der Waals surface area (Å²) in [5.41, 5.74) is 0. The van der Waals surface area contributed by atoms with Crippen LogP contribution in [0.3, 0.4) is 0 Å². The number of rotatable bonds is 0. The minimum atomic E-state index is 1.00. The van der Waals surface area contributed by atoms with Crippen molar-refractivity contribution >= 4 is 9.42 Å². The Bertz CT molecular complexity index is 54.6. The van der Waals surface area contributed by atoms with Gasteiger partial charge in [0.05, 0.1) is 0 Å². The zero-order valence-corrected chi connectivity index (χ0v) is 7.51. The van der Waals surface area contributed by atoms with Gasteiger partial charge in [-0.3, -0.25) is 0 Å². The van der Waals surface area contributed by atoms with Crippen LogP contribution in [0.2, 0.25) is 0 Å². The van der Waals surface area contributed by atoms with E-state index in [1.165, 1.54) is 0 Å². The number of hydrogen-bond donors (Lipinski definition) is 0. The Hall–Kier alpha value is -0.822. The monoisotopic (exact) mass is 368 g/mol. The van der Waals surface area contributed by atoms with Crippen LogP contribution in [-0.4, -0.2) is 0 Å². The maximum absolute atomic E-state index is 8.00. The molecular formula is ClN3O6Pt-3. The van der Waals surface area contributed by atoms with Crippen LogP contribution in [0.15, 0.2) is 16.0 Å². The third-order valence-electron chi connectivity index (χ3n) is 0. The summed E-state index contributed by atoms with van der Waals surface area (Å²) in [6.07, 6.45) is 0. The normalized spacial score (nSPS) is 3.91. The average molecular weight is 369 g/mol. The molecule has 0 aromatic carbocycles. The molecule has 0 aliphatic rings. The summed E-state index contributed by atoms with van der Waals surface area (Å²) in [6, 6.07) is 0. The van der Waals surface area contributed by atoms with Gasteiger partial charge in [-0.25, -0.2) is 0 Å². The molecule has 0 N–H and O–H groups in total. The Morgan fingerprint density at radius 1 is 0.818 bits per heavy atom. The molecule has 0 fully saturated rings. The molecule has 71 valence electrons. The number of nitrogens with zero attached hydrogens (tertiary/aromatic N) is 3. The van der Waals surface area contributed by atoms with Crippen LogP contribution in [0.4, 0.5) is 0 Å². The molecular weight excluding hydrogens is 369 g/mol. The van der Waals surface area contributed by atoms with Gasteiger partial charge in [-0.05, 0) is 0 Å². The van der Waals surface area contributed by atoms with E-state index in [1.54, 1.807) is 18.8 Å². The van der Waals surface area contributed by atoms with Crippen LogP contribution >= 0.6 is 9.42 Å². The fourth-order valence-electron chi connectivity index (χ4n) is 0. The van der Waals surface area contributed by atoms with Crippen molar-refractivity contribution in [3.63, 3.8) is 0 Å². The Balaban J connectivity index is -0.0000000301. The summed E-state index contributed by atoms with van der Waals surface area (Å²) >= 11 is 1.61. The van der Waals surface area contributed by atoms with Gasteiger partial charge in [0, 0.05) is 0 Å². The molecule has 9 nitrogen and oxygen atoms in total. The van der Waals surface area contributed by atoms with Crippen LogP contribution in [0, 0.1) is 30.3 Å². The third kappa shape index (κ3) is 700. The first kappa shape index (κ1) is 22.5. The standard InChI is InChI=1S/ClH.3HNO2.Pt/c;3*2-1-3;/h1H;3*(H,2,3);/q;;;;+1/p-4. The fraction of sp³-hybridized carbons (Fsp3) is 0. The van der Waals surface area contributed by atoms with Gasteiger partial charge in [-0.15, -0.1) is 16.0 Å². The molecule has 0 aromatic rings. The zero-order valence-electron chi connectivity index (χ0n) is 4.49. The van der Waals surface area contributed by atoms with Crippen molar-refractivity contribution in [3.05, 3.63) is 30.3 Å². The van der Waals surface area contributed by atoms with Gasteiger partial charge < -0.3 is 30.3 Å². The molecule has 0 saturated heterocycles. The summed E-state index contributed by atoms with van der Waals surface area (Å²) in [6.45, 7) is 0. The van der Waals surface area contributed by atoms with Crippen molar-refractivity contribution < 1.29 is 18.8 Å². The van der Waals surface area contributed by atoms with Gasteiger partial charge in [0.1, 0.15) is 0 Å². The van der Waals surface area contributed by atoms with E-state index in [0.717, 1.165) is 16.0 Å². The SMILES string of the molecule is O=N[O-].O=N[O-].O=N[O-].[Cl][Pt]. The predicted molar refractivity (Wildman–Crippen MR) is 33.3 cm³/mol. The molecule has 0 saturated carbocycles. The van der Waals surface area contributed by atoms with Gasteiger partial charge in [0.2, 0.25) is 0 Å². The molecule has 11 heavy (non-hydrogen) atoms. The van der Waals surface area contributed by atoms with E-state index in [9.17, 15) is 0 Å². The summed E-state index contributed by atoms with van der Waals surface area (Å²) in [5.74, 6) is 0. The Morgan fingerprint density at radius 2 is 0.818 bits per heavy atom. The Labute approximate surface area is 75.0 Å². The average Bonchev–Trinajstić information content (AvgIpc) is 1.96. The van der Waals surface area contributed by atoms with E-state index >= 15 is 0 Å². The first-order valence-corrected chi connectivity index (χ1v) is 4.03. The fourth-order valence-corrected chi connectivity index (χ4v) is 0. The van der Waals surface area contributed by atoms with Crippen LogP contribution < -0.4 is 0 Å². The van der Waals surface area contributed by atoms with Crippen LogP contribution in [-0.2, 0) is 18.8 Å². The molecule has 0 amide bonds. The second kappa shape index (κ2) is 129. The maximum atomic E-state index is 8.00. The van der Waals surface area contributed by atoms with Gasteiger partial charge in [0.15, 0.2) is 0 Å². The van der Waals surface area contributed by atoms with E-state index in [2.05, 4.69) is 9.42 Å². The molecule has 0 aliphatic carbocycles. The number of halogens is 1. The van der Waals surface area contributed by atoms with Crippen molar-refractivity contribution in [1.82, 2.24) is 0 Å². The van der Waals surface area contributed by atoms with E-state index in [1.807, 2.05) is 0 Å². The predicted octanol–water partition coefficient (Wildman–Crippen LogP) is 1.44. The van der Waals surface area contributed by atoms with Crippen LogP contribution in [0.5, 0.6) is 0 Å². The van der Waals surface area contributed by atoms with Gasteiger partial charge >= 0.3 is 28.2 Å². The summed E-state index contributed by atoms with van der Waals surface area (Å²) in [7, 11) is 4.61. The second-order valence-corrected chi connectivity index (χ2v) is 0.224. The van der Waals surface area contributed by atoms with Crippen LogP contribution in [0.25, 0.3) is 0 Å². The molecule has 0 atom stereocenters. The molecule has 0 rings (SSSR count). The van der Waals surface area contributed by atoms with E-state index < -0.39 is 0 Å². The molecule has 0 heterocycles. The number of hydrogen-bond acceptors (Lipinski definition) is 9. The van der Waals surface area contributed by atoms with E-state index in [0.29, 0.717) is 0 Å². The first-order valence-electron chi connectivity index (χ1n) is 1.21. The summed E-state index contributed by atoms with van der Waals surface area (Å²) in [4.78, 5) is 24.0. The molecule has 0 aliphatic heterocycles. The van der Waals surface area contributed by atoms with Gasteiger partial charge in [-0.2, -0.15) is 0 Å². The van der Waals surface area contributed by atoms with Crippen LogP contribution in [0.1, 0.15) is 0 Å². The molecule has 0 aromatic heterocycles. The molecule has 0 spiro atoms. The van der Waals surface area contributed by atoms with E-state index in [4.69, 9.17) is 30.3 Å². The van der Waals surface area contributed by atoms with Crippen molar-refractivity contribution in [2.75, 3.05) is 0 Å². The first-order chi connectivity index (χ1) is 5.24. The topological polar surface area (TPSA) is 157 Å². The van der Waals surface area contributed by atoms with Crippen molar-refractivity contribution in [3.8, 4) is 0 Å². The molecule has 0 unspecified atom stereocenters. The summed E-state index contributed by atoms with van der Waals surface area (Å²) < 4.78 is 0. The summed E-state index contributed by atoms with van der Waals surface area (Å²) in [5, 5.41) is 27.0. The van der Waals surface area contributed by atoms with Crippen molar-refractivity contribution in [2.45, 2.75) is 0 Å². The zero-order chi connectivity index (χ0) is 10.1. The van der Waals surface area contributed by atoms with Gasteiger partial charge in [0.25, 0.3) is 0 Å². The molecule has 0 bridgehead atoms. The van der Waals surface area contributed by atoms with E-state index in [-0.39, 0.29) is 0 Å². The van der Waals surface area contributed by atoms with Gasteiger partial charge in [-0.1, -0.05) is 0 Å². The second-order valence-electron chi connectivity index (χ2n) is 0.224. The van der Waals surface area contributed by atoms with Crippen molar-refractivity contribution in [2.24, 2.45) is 16.0 Å². The minimum absolute atomic E-state index is 1.00. The van der Waals surface area contributed by atoms with Crippen molar-refractivity contribution in [1.29, 1.82) is 0 Å². The molecule has 11 heteroatoms. The Morgan fingerprint density at radius 3 is 0.818 bits per heavy atom. The quantitative estimate of drug-likeness (QED) is 0.464. The third-order valence-corrected chi connectivity index (χ3v) is 0. The molecule has 0 radical (unpaired) electrons. The Kier molecular flexibility index (Phi) is 264.